The third kappa shape index (κ3) is 23.7. The molecule has 0 aromatic heterocycles. The molecule has 0 atom stereocenters. The highest BCUT2D eigenvalue weighted by Crippen LogP contribution is 2.14. The molecular weight excluding hydrogens is 370 g/mol. The molecular formula is C27H55NO2. The first-order valence-corrected chi connectivity index (χ1v) is 13.5. The van der Waals surface area contributed by atoms with Gasteiger partial charge >= 0.3 is 0 Å². The SMILES string of the molecule is CCCCCCCCCCCCCCCCCCCCCC=CN(CCO)CCO. The average molecular weight is 426 g/mol. The number of hydrogen-bond acceptors (Lipinski definition) is 3. The standard InChI is InChI=1S/C27H55NO2/c1-2-3-4-5-6-7-8-9-10-11-12-13-14-15-16-17-18-19-20-21-22-23-28(24-26-29)25-27-30/h22-23,29-30H,2-21,24-27H2,1H3. The molecule has 30 heavy (non-hydrogen) atoms. The summed E-state index contributed by atoms with van der Waals surface area (Å²) in [5, 5.41) is 18.0. The van der Waals surface area contributed by atoms with E-state index in [4.69, 9.17) is 10.2 Å². The van der Waals surface area contributed by atoms with Crippen LogP contribution in [0.1, 0.15) is 135 Å². The van der Waals surface area contributed by atoms with Crippen LogP contribution in [0.3, 0.4) is 0 Å². The molecule has 0 rings (SSSR count). The molecule has 2 N–H and O–H groups in total. The maximum atomic E-state index is 8.98. The van der Waals surface area contributed by atoms with Crippen molar-refractivity contribution in [3.05, 3.63) is 12.3 Å². The highest BCUT2D eigenvalue weighted by molar-refractivity contribution is 4.82. The molecule has 0 aromatic carbocycles. The second-order valence-corrected chi connectivity index (χ2v) is 9.02. The van der Waals surface area contributed by atoms with Crippen LogP contribution < -0.4 is 0 Å². The number of unbranched alkanes of at least 4 members (excludes halogenated alkanes) is 19. The maximum absolute atomic E-state index is 8.98. The van der Waals surface area contributed by atoms with E-state index >= 15 is 0 Å². The molecule has 0 aliphatic carbocycles. The van der Waals surface area contributed by atoms with Crippen molar-refractivity contribution in [2.45, 2.75) is 135 Å². The van der Waals surface area contributed by atoms with Crippen LogP contribution in [0.25, 0.3) is 0 Å². The van der Waals surface area contributed by atoms with Gasteiger partial charge in [0, 0.05) is 13.1 Å². The summed E-state index contributed by atoms with van der Waals surface area (Å²) in [4.78, 5) is 1.98. The lowest BCUT2D eigenvalue weighted by Crippen LogP contribution is -2.24. The van der Waals surface area contributed by atoms with Crippen molar-refractivity contribution in [3.8, 4) is 0 Å². The van der Waals surface area contributed by atoms with E-state index in [0.29, 0.717) is 13.1 Å². The van der Waals surface area contributed by atoms with Gasteiger partial charge in [0.1, 0.15) is 0 Å². The molecule has 0 amide bonds. The number of hydrogen-bond donors (Lipinski definition) is 2. The van der Waals surface area contributed by atoms with Crippen LogP contribution in [0.4, 0.5) is 0 Å². The van der Waals surface area contributed by atoms with E-state index in [-0.39, 0.29) is 13.2 Å². The van der Waals surface area contributed by atoms with Gasteiger partial charge in [-0.3, -0.25) is 0 Å². The zero-order valence-electron chi connectivity index (χ0n) is 20.5. The molecule has 0 aliphatic heterocycles. The smallest absolute Gasteiger partial charge is 0.0606 e. The average Bonchev–Trinajstić information content (AvgIpc) is 2.75. The summed E-state index contributed by atoms with van der Waals surface area (Å²) in [5.41, 5.74) is 0. The molecule has 0 saturated carbocycles. The minimum atomic E-state index is 0.142. The quantitative estimate of drug-likeness (QED) is 0.148. The Kier molecular flexibility index (Phi) is 26.0. The van der Waals surface area contributed by atoms with E-state index in [1.165, 1.54) is 122 Å². The van der Waals surface area contributed by atoms with Crippen molar-refractivity contribution < 1.29 is 10.2 Å². The van der Waals surface area contributed by atoms with Crippen molar-refractivity contribution in [2.24, 2.45) is 0 Å². The topological polar surface area (TPSA) is 43.7 Å². The molecule has 0 radical (unpaired) electrons. The maximum Gasteiger partial charge on any atom is 0.0606 e. The lowest BCUT2D eigenvalue weighted by atomic mass is 10.0. The fourth-order valence-electron chi connectivity index (χ4n) is 4.08. The zero-order valence-corrected chi connectivity index (χ0v) is 20.5. The molecule has 3 nitrogen and oxygen atoms in total. The van der Waals surface area contributed by atoms with E-state index in [9.17, 15) is 0 Å². The van der Waals surface area contributed by atoms with Gasteiger partial charge in [0.15, 0.2) is 0 Å². The number of aliphatic hydroxyl groups is 2. The first-order valence-electron chi connectivity index (χ1n) is 13.5. The van der Waals surface area contributed by atoms with Crippen LogP contribution in [0, 0.1) is 0 Å². The highest BCUT2D eigenvalue weighted by atomic mass is 16.3. The lowest BCUT2D eigenvalue weighted by Gasteiger charge is -2.17. The van der Waals surface area contributed by atoms with Gasteiger partial charge in [-0.05, 0) is 19.0 Å². The Bertz CT molecular complexity index is 327. The van der Waals surface area contributed by atoms with Gasteiger partial charge in [0.2, 0.25) is 0 Å². The molecule has 180 valence electrons. The van der Waals surface area contributed by atoms with Crippen molar-refractivity contribution in [1.82, 2.24) is 4.90 Å². The van der Waals surface area contributed by atoms with Crippen LogP contribution in [0.2, 0.25) is 0 Å². The van der Waals surface area contributed by atoms with Crippen molar-refractivity contribution in [1.29, 1.82) is 0 Å². The van der Waals surface area contributed by atoms with Gasteiger partial charge < -0.3 is 15.1 Å². The van der Waals surface area contributed by atoms with Gasteiger partial charge in [0.05, 0.1) is 13.2 Å². The Hall–Kier alpha value is -0.540. The summed E-state index contributed by atoms with van der Waals surface area (Å²) >= 11 is 0. The van der Waals surface area contributed by atoms with Crippen LogP contribution in [0.15, 0.2) is 12.3 Å². The van der Waals surface area contributed by atoms with Gasteiger partial charge in [-0.2, -0.15) is 0 Å². The van der Waals surface area contributed by atoms with E-state index in [1.54, 1.807) is 0 Å². The van der Waals surface area contributed by atoms with E-state index in [0.717, 1.165) is 6.42 Å². The van der Waals surface area contributed by atoms with E-state index in [1.807, 2.05) is 11.1 Å². The molecule has 0 fully saturated rings. The number of allylic oxidation sites excluding steroid dienone is 1. The van der Waals surface area contributed by atoms with Crippen LogP contribution in [-0.2, 0) is 0 Å². The number of rotatable bonds is 25. The van der Waals surface area contributed by atoms with Crippen LogP contribution >= 0.6 is 0 Å². The van der Waals surface area contributed by atoms with E-state index in [2.05, 4.69) is 13.0 Å². The monoisotopic (exact) mass is 425 g/mol. The second kappa shape index (κ2) is 26.5. The molecule has 0 aromatic rings. The van der Waals surface area contributed by atoms with Gasteiger partial charge in [-0.1, -0.05) is 129 Å². The summed E-state index contributed by atoms with van der Waals surface area (Å²) in [6, 6.07) is 0. The Balaban J connectivity index is 3.17. The van der Waals surface area contributed by atoms with Crippen LogP contribution in [-0.4, -0.2) is 41.4 Å². The third-order valence-electron chi connectivity index (χ3n) is 6.06. The highest BCUT2D eigenvalue weighted by Gasteiger charge is 1.97. The molecule has 0 spiro atoms. The minimum absolute atomic E-state index is 0.142. The third-order valence-corrected chi connectivity index (χ3v) is 6.06. The zero-order chi connectivity index (χ0) is 22.0. The summed E-state index contributed by atoms with van der Waals surface area (Å²) < 4.78 is 0. The molecule has 0 saturated heterocycles. The summed E-state index contributed by atoms with van der Waals surface area (Å²) in [6.45, 7) is 3.79. The molecule has 3 heteroatoms. The largest absolute Gasteiger partial charge is 0.395 e. The fourth-order valence-corrected chi connectivity index (χ4v) is 4.08. The fraction of sp³-hybridized carbons (Fsp3) is 0.926. The number of aliphatic hydroxyl groups excluding tert-OH is 2. The predicted molar refractivity (Wildman–Crippen MR) is 133 cm³/mol. The van der Waals surface area contributed by atoms with Crippen LogP contribution in [0.5, 0.6) is 0 Å². The Labute approximate surface area is 189 Å². The molecule has 0 heterocycles. The molecule has 0 aliphatic rings. The summed E-state index contributed by atoms with van der Waals surface area (Å²) in [6.07, 6.45) is 32.3. The Morgan fingerprint density at radius 2 is 0.833 bits per heavy atom. The van der Waals surface area contributed by atoms with Crippen molar-refractivity contribution >= 4 is 0 Å². The second-order valence-electron chi connectivity index (χ2n) is 9.02. The van der Waals surface area contributed by atoms with Gasteiger partial charge in [0.25, 0.3) is 0 Å². The predicted octanol–water partition coefficient (Wildman–Crippen LogP) is 7.61. The van der Waals surface area contributed by atoms with Gasteiger partial charge in [-0.15, -0.1) is 0 Å². The molecule has 0 bridgehead atoms. The van der Waals surface area contributed by atoms with Gasteiger partial charge in [-0.25, -0.2) is 0 Å². The summed E-state index contributed by atoms with van der Waals surface area (Å²) in [7, 11) is 0. The number of nitrogens with zero attached hydrogens (tertiary/aromatic N) is 1. The Morgan fingerprint density at radius 3 is 1.17 bits per heavy atom. The lowest BCUT2D eigenvalue weighted by molar-refractivity contribution is 0.198. The minimum Gasteiger partial charge on any atom is -0.395 e. The first-order chi connectivity index (χ1) is 14.8. The van der Waals surface area contributed by atoms with Crippen molar-refractivity contribution in [2.75, 3.05) is 26.3 Å². The normalized spacial score (nSPS) is 11.6. The van der Waals surface area contributed by atoms with Crippen molar-refractivity contribution in [3.63, 3.8) is 0 Å². The summed E-state index contributed by atoms with van der Waals surface area (Å²) in [5.74, 6) is 0. The first kappa shape index (κ1) is 29.5. The molecule has 0 unspecified atom stereocenters. The Morgan fingerprint density at radius 1 is 0.500 bits per heavy atom. The van der Waals surface area contributed by atoms with E-state index < -0.39 is 0 Å².